The Kier molecular flexibility index (Phi) is 4.00. The third-order valence-corrected chi connectivity index (χ3v) is 3.85. The monoisotopic (exact) mass is 283 g/mol. The zero-order chi connectivity index (χ0) is 11.4. The summed E-state index contributed by atoms with van der Waals surface area (Å²) in [6.07, 6.45) is 4.60. The molecule has 1 aliphatic rings. The molecule has 1 aromatic rings. The molecule has 0 amide bonds. The second-order valence-electron chi connectivity index (χ2n) is 4.49. The van der Waals surface area contributed by atoms with Gasteiger partial charge in [0, 0.05) is 4.47 Å². The molecule has 1 aromatic carbocycles. The van der Waals surface area contributed by atoms with Gasteiger partial charge in [-0.25, -0.2) is 0 Å². The van der Waals surface area contributed by atoms with Crippen molar-refractivity contribution in [2.24, 2.45) is 5.73 Å². The molecule has 0 aliphatic heterocycles. The van der Waals surface area contributed by atoms with Crippen molar-refractivity contribution in [1.82, 2.24) is 0 Å². The van der Waals surface area contributed by atoms with Crippen LogP contribution in [0, 0.1) is 0 Å². The molecule has 0 atom stereocenters. The fraction of sp³-hybridized carbons (Fsp3) is 0.538. The Morgan fingerprint density at radius 2 is 1.94 bits per heavy atom. The molecule has 0 radical (unpaired) electrons. The van der Waals surface area contributed by atoms with Crippen molar-refractivity contribution in [3.63, 3.8) is 0 Å². The number of hydrogen-bond donors (Lipinski definition) is 1. The van der Waals surface area contributed by atoms with Crippen molar-refractivity contribution in [1.29, 1.82) is 0 Å². The standard InChI is InChI=1S/C13H18BrNO/c14-12-4-2-11(3-5-12)10-16-13(8-9-15)6-1-7-13/h2-5H,1,6-10,15H2. The average Bonchev–Trinajstić information content (AvgIpc) is 2.24. The Morgan fingerprint density at radius 3 is 2.44 bits per heavy atom. The van der Waals surface area contributed by atoms with E-state index in [4.69, 9.17) is 10.5 Å². The second-order valence-corrected chi connectivity index (χ2v) is 5.41. The van der Waals surface area contributed by atoms with E-state index in [9.17, 15) is 0 Å². The Balaban J connectivity index is 1.88. The fourth-order valence-electron chi connectivity index (χ4n) is 2.12. The van der Waals surface area contributed by atoms with Crippen molar-refractivity contribution in [2.45, 2.75) is 37.9 Å². The van der Waals surface area contributed by atoms with Crippen molar-refractivity contribution in [2.75, 3.05) is 6.54 Å². The summed E-state index contributed by atoms with van der Waals surface area (Å²) in [5.41, 5.74) is 6.94. The lowest BCUT2D eigenvalue weighted by Crippen LogP contribution is -2.41. The lowest BCUT2D eigenvalue weighted by Gasteiger charge is -2.41. The highest BCUT2D eigenvalue weighted by atomic mass is 79.9. The highest BCUT2D eigenvalue weighted by Gasteiger charge is 2.36. The van der Waals surface area contributed by atoms with Gasteiger partial charge in [-0.05, 0) is 49.9 Å². The Labute approximate surface area is 105 Å². The first-order valence-electron chi connectivity index (χ1n) is 5.83. The first-order chi connectivity index (χ1) is 7.74. The van der Waals surface area contributed by atoms with E-state index in [1.807, 2.05) is 0 Å². The summed E-state index contributed by atoms with van der Waals surface area (Å²) in [5, 5.41) is 0. The summed E-state index contributed by atoms with van der Waals surface area (Å²) in [5.74, 6) is 0. The van der Waals surface area contributed by atoms with Gasteiger partial charge in [-0.15, -0.1) is 0 Å². The van der Waals surface area contributed by atoms with E-state index in [0.29, 0.717) is 6.61 Å². The minimum Gasteiger partial charge on any atom is -0.370 e. The van der Waals surface area contributed by atoms with Crippen LogP contribution in [0.1, 0.15) is 31.2 Å². The fourth-order valence-corrected chi connectivity index (χ4v) is 2.38. The molecule has 0 bridgehead atoms. The molecule has 0 aromatic heterocycles. The van der Waals surface area contributed by atoms with E-state index in [2.05, 4.69) is 40.2 Å². The smallest absolute Gasteiger partial charge is 0.0724 e. The molecule has 16 heavy (non-hydrogen) atoms. The van der Waals surface area contributed by atoms with Crippen molar-refractivity contribution >= 4 is 15.9 Å². The Bertz CT molecular complexity index is 332. The highest BCUT2D eigenvalue weighted by Crippen LogP contribution is 2.38. The zero-order valence-electron chi connectivity index (χ0n) is 9.42. The summed E-state index contributed by atoms with van der Waals surface area (Å²) < 4.78 is 7.14. The maximum Gasteiger partial charge on any atom is 0.0724 e. The topological polar surface area (TPSA) is 35.2 Å². The van der Waals surface area contributed by atoms with Gasteiger partial charge in [-0.1, -0.05) is 28.1 Å². The largest absolute Gasteiger partial charge is 0.370 e. The summed E-state index contributed by atoms with van der Waals surface area (Å²) in [6, 6.07) is 8.29. The summed E-state index contributed by atoms with van der Waals surface area (Å²) in [4.78, 5) is 0. The molecule has 0 heterocycles. The molecule has 2 nitrogen and oxygen atoms in total. The molecule has 3 heteroatoms. The predicted octanol–water partition coefficient (Wildman–Crippen LogP) is 3.24. The van der Waals surface area contributed by atoms with Gasteiger partial charge in [0.25, 0.3) is 0 Å². The number of halogens is 1. The molecule has 0 spiro atoms. The minimum atomic E-state index is 0.0851. The number of nitrogens with two attached hydrogens (primary N) is 1. The molecule has 0 saturated heterocycles. The van der Waals surface area contributed by atoms with E-state index >= 15 is 0 Å². The van der Waals surface area contributed by atoms with Crippen molar-refractivity contribution in [3.05, 3.63) is 34.3 Å². The molecule has 2 N–H and O–H groups in total. The highest BCUT2D eigenvalue weighted by molar-refractivity contribution is 9.10. The van der Waals surface area contributed by atoms with Crippen LogP contribution < -0.4 is 5.73 Å². The molecular weight excluding hydrogens is 266 g/mol. The van der Waals surface area contributed by atoms with Gasteiger partial charge in [0.15, 0.2) is 0 Å². The number of benzene rings is 1. The van der Waals surface area contributed by atoms with Gasteiger partial charge < -0.3 is 10.5 Å². The SMILES string of the molecule is NCCC1(OCc2ccc(Br)cc2)CCC1. The van der Waals surface area contributed by atoms with Crippen LogP contribution in [0.4, 0.5) is 0 Å². The summed E-state index contributed by atoms with van der Waals surface area (Å²) in [7, 11) is 0. The quantitative estimate of drug-likeness (QED) is 0.901. The van der Waals surface area contributed by atoms with Crippen LogP contribution in [0.3, 0.4) is 0 Å². The molecule has 88 valence electrons. The first kappa shape index (κ1) is 12.1. The number of hydrogen-bond acceptors (Lipinski definition) is 2. The van der Waals surface area contributed by atoms with Crippen LogP contribution >= 0.6 is 15.9 Å². The predicted molar refractivity (Wildman–Crippen MR) is 69.2 cm³/mol. The number of rotatable bonds is 5. The lowest BCUT2D eigenvalue weighted by molar-refractivity contribution is -0.112. The zero-order valence-corrected chi connectivity index (χ0v) is 11.0. The van der Waals surface area contributed by atoms with E-state index in [1.165, 1.54) is 24.8 Å². The van der Waals surface area contributed by atoms with Crippen molar-refractivity contribution in [3.8, 4) is 0 Å². The molecular formula is C13H18BrNO. The van der Waals surface area contributed by atoms with E-state index in [0.717, 1.165) is 17.4 Å². The van der Waals surface area contributed by atoms with Gasteiger partial charge in [-0.3, -0.25) is 0 Å². The van der Waals surface area contributed by atoms with Crippen LogP contribution in [0.25, 0.3) is 0 Å². The van der Waals surface area contributed by atoms with Gasteiger partial charge in [-0.2, -0.15) is 0 Å². The third-order valence-electron chi connectivity index (χ3n) is 3.32. The summed E-state index contributed by atoms with van der Waals surface area (Å²) in [6.45, 7) is 1.42. The maximum absolute atomic E-state index is 6.04. The summed E-state index contributed by atoms with van der Waals surface area (Å²) >= 11 is 3.43. The third kappa shape index (κ3) is 2.84. The van der Waals surface area contributed by atoms with Gasteiger partial charge in [0.05, 0.1) is 12.2 Å². The van der Waals surface area contributed by atoms with Gasteiger partial charge in [0.1, 0.15) is 0 Å². The van der Waals surface area contributed by atoms with Crippen LogP contribution in [0.2, 0.25) is 0 Å². The molecule has 1 saturated carbocycles. The molecule has 1 fully saturated rings. The Morgan fingerprint density at radius 1 is 1.25 bits per heavy atom. The normalized spacial score (nSPS) is 18.1. The van der Waals surface area contributed by atoms with E-state index < -0.39 is 0 Å². The lowest BCUT2D eigenvalue weighted by atomic mass is 9.77. The van der Waals surface area contributed by atoms with Crippen LogP contribution in [0.5, 0.6) is 0 Å². The maximum atomic E-state index is 6.04. The molecule has 2 rings (SSSR count). The van der Waals surface area contributed by atoms with E-state index in [-0.39, 0.29) is 5.60 Å². The minimum absolute atomic E-state index is 0.0851. The Hall–Kier alpha value is -0.380. The van der Waals surface area contributed by atoms with Crippen LogP contribution in [0.15, 0.2) is 28.7 Å². The molecule has 0 unspecified atom stereocenters. The first-order valence-corrected chi connectivity index (χ1v) is 6.62. The average molecular weight is 284 g/mol. The second kappa shape index (κ2) is 5.30. The van der Waals surface area contributed by atoms with Crippen LogP contribution in [-0.4, -0.2) is 12.1 Å². The number of ether oxygens (including phenoxy) is 1. The van der Waals surface area contributed by atoms with Crippen LogP contribution in [-0.2, 0) is 11.3 Å². The van der Waals surface area contributed by atoms with Crippen molar-refractivity contribution < 1.29 is 4.74 Å². The van der Waals surface area contributed by atoms with Gasteiger partial charge in [0.2, 0.25) is 0 Å². The van der Waals surface area contributed by atoms with E-state index in [1.54, 1.807) is 0 Å². The van der Waals surface area contributed by atoms with Gasteiger partial charge >= 0.3 is 0 Å². The molecule has 1 aliphatic carbocycles.